The van der Waals surface area contributed by atoms with Gasteiger partial charge in [-0.15, -0.1) is 0 Å². The minimum Gasteiger partial charge on any atom is -0.462 e. The monoisotopic (exact) mass is 222 g/mol. The SMILES string of the molecule is CCCC(C)C(=O)OC1C/C=C\C/C=C\C1. The molecule has 0 N–H and O–H groups in total. The number of carbonyl (C=O) groups is 1. The Morgan fingerprint density at radius 3 is 2.50 bits per heavy atom. The number of hydrogen-bond acceptors (Lipinski definition) is 2. The Labute approximate surface area is 98.4 Å². The fourth-order valence-electron chi connectivity index (χ4n) is 1.79. The Morgan fingerprint density at radius 1 is 1.31 bits per heavy atom. The van der Waals surface area contributed by atoms with Gasteiger partial charge in [-0.3, -0.25) is 4.79 Å². The van der Waals surface area contributed by atoms with Gasteiger partial charge in [-0.1, -0.05) is 44.6 Å². The second-order valence-corrected chi connectivity index (χ2v) is 4.40. The molecule has 0 fully saturated rings. The maximum atomic E-state index is 11.7. The number of hydrogen-bond donors (Lipinski definition) is 0. The molecule has 16 heavy (non-hydrogen) atoms. The van der Waals surface area contributed by atoms with Crippen molar-refractivity contribution in [3.05, 3.63) is 24.3 Å². The van der Waals surface area contributed by atoms with Gasteiger partial charge in [-0.05, 0) is 12.8 Å². The molecule has 0 aromatic carbocycles. The summed E-state index contributed by atoms with van der Waals surface area (Å²) in [6.07, 6.45) is 13.1. The van der Waals surface area contributed by atoms with E-state index in [1.807, 2.05) is 6.92 Å². The molecule has 2 nitrogen and oxygen atoms in total. The van der Waals surface area contributed by atoms with Crippen LogP contribution >= 0.6 is 0 Å². The van der Waals surface area contributed by atoms with E-state index < -0.39 is 0 Å². The zero-order valence-electron chi connectivity index (χ0n) is 10.3. The summed E-state index contributed by atoms with van der Waals surface area (Å²) < 4.78 is 5.50. The predicted octanol–water partition coefficient (Wildman–Crippen LogP) is 3.63. The van der Waals surface area contributed by atoms with Crippen molar-refractivity contribution in [3.8, 4) is 0 Å². The summed E-state index contributed by atoms with van der Waals surface area (Å²) in [5.41, 5.74) is 0. The number of rotatable bonds is 4. The van der Waals surface area contributed by atoms with Crippen molar-refractivity contribution in [2.75, 3.05) is 0 Å². The maximum absolute atomic E-state index is 11.7. The van der Waals surface area contributed by atoms with Gasteiger partial charge in [0.2, 0.25) is 0 Å². The molecule has 0 aliphatic heterocycles. The highest BCUT2D eigenvalue weighted by Gasteiger charge is 2.17. The van der Waals surface area contributed by atoms with Crippen LogP contribution < -0.4 is 0 Å². The Kier molecular flexibility index (Phi) is 5.91. The molecule has 0 saturated carbocycles. The summed E-state index contributed by atoms with van der Waals surface area (Å²) in [6.45, 7) is 4.03. The largest absolute Gasteiger partial charge is 0.462 e. The van der Waals surface area contributed by atoms with Crippen LogP contribution in [0.25, 0.3) is 0 Å². The molecule has 0 radical (unpaired) electrons. The van der Waals surface area contributed by atoms with Crippen LogP contribution in [0.4, 0.5) is 0 Å². The third kappa shape index (κ3) is 4.65. The van der Waals surface area contributed by atoms with Gasteiger partial charge in [0, 0.05) is 12.8 Å². The van der Waals surface area contributed by atoms with E-state index >= 15 is 0 Å². The standard InChI is InChI=1S/C14H22O2/c1-3-9-12(2)14(15)16-13-10-7-5-4-6-8-11-13/h5-8,12-13H,3-4,9-11H2,1-2H3/b7-5-,8-6-. The molecule has 1 atom stereocenters. The molecule has 0 aromatic rings. The average Bonchev–Trinajstić information content (AvgIpc) is 2.22. The van der Waals surface area contributed by atoms with E-state index in [2.05, 4.69) is 31.2 Å². The molecule has 0 heterocycles. The Morgan fingerprint density at radius 2 is 1.94 bits per heavy atom. The normalized spacial score (nSPS) is 22.9. The molecule has 90 valence electrons. The van der Waals surface area contributed by atoms with E-state index in [4.69, 9.17) is 4.74 Å². The summed E-state index contributed by atoms with van der Waals surface area (Å²) in [5.74, 6) is -0.0161. The maximum Gasteiger partial charge on any atom is 0.308 e. The zero-order chi connectivity index (χ0) is 11.8. The number of esters is 1. The predicted molar refractivity (Wildman–Crippen MR) is 66.1 cm³/mol. The van der Waals surface area contributed by atoms with Gasteiger partial charge in [0.1, 0.15) is 6.10 Å². The molecule has 0 amide bonds. The third-order valence-corrected chi connectivity index (χ3v) is 2.81. The highest BCUT2D eigenvalue weighted by molar-refractivity contribution is 5.72. The van der Waals surface area contributed by atoms with E-state index in [0.717, 1.165) is 32.1 Å². The van der Waals surface area contributed by atoms with E-state index in [1.54, 1.807) is 0 Å². The van der Waals surface area contributed by atoms with Crippen LogP contribution in [-0.2, 0) is 9.53 Å². The lowest BCUT2D eigenvalue weighted by Gasteiger charge is -2.18. The van der Waals surface area contributed by atoms with Gasteiger partial charge in [-0.2, -0.15) is 0 Å². The molecular weight excluding hydrogens is 200 g/mol. The van der Waals surface area contributed by atoms with Crippen molar-refractivity contribution in [3.63, 3.8) is 0 Å². The Balaban J connectivity index is 2.39. The molecule has 0 spiro atoms. The van der Waals surface area contributed by atoms with Gasteiger partial charge >= 0.3 is 5.97 Å². The van der Waals surface area contributed by atoms with Crippen molar-refractivity contribution < 1.29 is 9.53 Å². The van der Waals surface area contributed by atoms with Gasteiger partial charge in [0.05, 0.1) is 5.92 Å². The smallest absolute Gasteiger partial charge is 0.308 e. The third-order valence-electron chi connectivity index (χ3n) is 2.81. The van der Waals surface area contributed by atoms with E-state index in [-0.39, 0.29) is 18.0 Å². The lowest BCUT2D eigenvalue weighted by molar-refractivity contribution is -0.153. The van der Waals surface area contributed by atoms with Crippen molar-refractivity contribution in [2.45, 2.75) is 52.1 Å². The molecule has 0 bridgehead atoms. The van der Waals surface area contributed by atoms with Crippen molar-refractivity contribution in [1.82, 2.24) is 0 Å². The van der Waals surface area contributed by atoms with E-state index in [9.17, 15) is 4.79 Å². The van der Waals surface area contributed by atoms with Crippen LogP contribution in [0.5, 0.6) is 0 Å². The number of carbonyl (C=O) groups excluding carboxylic acids is 1. The first-order valence-corrected chi connectivity index (χ1v) is 6.24. The molecular formula is C14H22O2. The van der Waals surface area contributed by atoms with E-state index in [1.165, 1.54) is 0 Å². The minimum atomic E-state index is -0.0470. The van der Waals surface area contributed by atoms with Crippen LogP contribution in [-0.4, -0.2) is 12.1 Å². The van der Waals surface area contributed by atoms with Crippen LogP contribution in [0.15, 0.2) is 24.3 Å². The molecule has 1 aliphatic rings. The number of ether oxygens (including phenoxy) is 1. The van der Waals surface area contributed by atoms with Crippen molar-refractivity contribution >= 4 is 5.97 Å². The molecule has 0 saturated heterocycles. The quantitative estimate of drug-likeness (QED) is 0.536. The molecule has 2 heteroatoms. The second kappa shape index (κ2) is 7.26. The fourth-order valence-corrected chi connectivity index (χ4v) is 1.79. The summed E-state index contributed by atoms with van der Waals surface area (Å²) >= 11 is 0. The van der Waals surface area contributed by atoms with Crippen molar-refractivity contribution in [1.29, 1.82) is 0 Å². The molecule has 1 rings (SSSR count). The number of allylic oxidation sites excluding steroid dienone is 2. The Bertz CT molecular complexity index is 252. The first-order valence-electron chi connectivity index (χ1n) is 6.24. The van der Waals surface area contributed by atoms with Crippen LogP contribution in [0.1, 0.15) is 46.0 Å². The second-order valence-electron chi connectivity index (χ2n) is 4.40. The first-order chi connectivity index (χ1) is 7.74. The highest BCUT2D eigenvalue weighted by Crippen LogP contribution is 2.14. The molecule has 1 aliphatic carbocycles. The highest BCUT2D eigenvalue weighted by atomic mass is 16.5. The van der Waals surface area contributed by atoms with Crippen LogP contribution in [0, 0.1) is 5.92 Å². The molecule has 1 unspecified atom stereocenters. The lowest BCUT2D eigenvalue weighted by Crippen LogP contribution is -2.22. The topological polar surface area (TPSA) is 26.3 Å². The fraction of sp³-hybridized carbons (Fsp3) is 0.643. The molecule has 0 aromatic heterocycles. The summed E-state index contributed by atoms with van der Waals surface area (Å²) in [6, 6.07) is 0. The van der Waals surface area contributed by atoms with Gasteiger partial charge < -0.3 is 4.74 Å². The van der Waals surface area contributed by atoms with Crippen molar-refractivity contribution in [2.24, 2.45) is 5.92 Å². The zero-order valence-corrected chi connectivity index (χ0v) is 10.3. The summed E-state index contributed by atoms with van der Waals surface area (Å²) in [4.78, 5) is 11.7. The van der Waals surface area contributed by atoms with Crippen LogP contribution in [0.2, 0.25) is 0 Å². The van der Waals surface area contributed by atoms with E-state index in [0.29, 0.717) is 0 Å². The summed E-state index contributed by atoms with van der Waals surface area (Å²) in [5, 5.41) is 0. The van der Waals surface area contributed by atoms with Crippen LogP contribution in [0.3, 0.4) is 0 Å². The van der Waals surface area contributed by atoms with Gasteiger partial charge in [0.15, 0.2) is 0 Å². The summed E-state index contributed by atoms with van der Waals surface area (Å²) in [7, 11) is 0. The van der Waals surface area contributed by atoms with Gasteiger partial charge in [0.25, 0.3) is 0 Å². The minimum absolute atomic E-state index is 0.0274. The lowest BCUT2D eigenvalue weighted by atomic mass is 10.1. The Hall–Kier alpha value is -1.05. The average molecular weight is 222 g/mol. The van der Waals surface area contributed by atoms with Gasteiger partial charge in [-0.25, -0.2) is 0 Å². The first kappa shape index (κ1) is 13.0.